The summed E-state index contributed by atoms with van der Waals surface area (Å²) in [6, 6.07) is 3.65. The SMILES string of the molecule is CCCSCC(Cc1ccc(F)cc1F)NN. The fourth-order valence-corrected chi connectivity index (χ4v) is 2.44. The van der Waals surface area contributed by atoms with E-state index in [4.69, 9.17) is 5.84 Å². The lowest BCUT2D eigenvalue weighted by atomic mass is 10.1. The smallest absolute Gasteiger partial charge is 0.129 e. The van der Waals surface area contributed by atoms with E-state index in [1.54, 1.807) is 11.8 Å². The molecule has 0 bridgehead atoms. The summed E-state index contributed by atoms with van der Waals surface area (Å²) < 4.78 is 26.2. The van der Waals surface area contributed by atoms with E-state index in [1.165, 1.54) is 12.1 Å². The van der Waals surface area contributed by atoms with Gasteiger partial charge in [0, 0.05) is 17.9 Å². The lowest BCUT2D eigenvalue weighted by Gasteiger charge is -2.15. The predicted octanol–water partition coefficient (Wildman–Crippen LogP) is 2.48. The minimum Gasteiger partial charge on any atom is -0.271 e. The Hall–Kier alpha value is -0.650. The molecule has 0 saturated carbocycles. The van der Waals surface area contributed by atoms with Crippen LogP contribution < -0.4 is 11.3 Å². The first-order valence-corrected chi connectivity index (χ1v) is 6.80. The summed E-state index contributed by atoms with van der Waals surface area (Å²) in [6.45, 7) is 2.11. The maximum Gasteiger partial charge on any atom is 0.129 e. The van der Waals surface area contributed by atoms with E-state index in [2.05, 4.69) is 12.3 Å². The third kappa shape index (κ3) is 5.02. The molecule has 1 rings (SSSR count). The number of hydrogen-bond donors (Lipinski definition) is 2. The number of thioether (sulfide) groups is 1. The molecule has 0 radical (unpaired) electrons. The van der Waals surface area contributed by atoms with Crippen molar-refractivity contribution in [3.8, 4) is 0 Å². The second-order valence-electron chi connectivity index (χ2n) is 3.88. The van der Waals surface area contributed by atoms with E-state index in [-0.39, 0.29) is 6.04 Å². The van der Waals surface area contributed by atoms with Crippen LogP contribution in [0, 0.1) is 11.6 Å². The number of benzene rings is 1. The molecule has 5 heteroatoms. The van der Waals surface area contributed by atoms with Gasteiger partial charge in [0.2, 0.25) is 0 Å². The van der Waals surface area contributed by atoms with E-state index in [0.717, 1.165) is 24.0 Å². The van der Waals surface area contributed by atoms with Gasteiger partial charge in [0.05, 0.1) is 0 Å². The van der Waals surface area contributed by atoms with E-state index in [1.807, 2.05) is 0 Å². The molecule has 0 aromatic heterocycles. The standard InChI is InChI=1S/C12H18F2N2S/c1-2-5-17-8-11(16-15)6-9-3-4-10(13)7-12(9)14/h3-4,7,11,16H,2,5-6,8,15H2,1H3. The summed E-state index contributed by atoms with van der Waals surface area (Å²) in [5, 5.41) is 0. The molecule has 3 N–H and O–H groups in total. The Bertz CT molecular complexity index is 347. The highest BCUT2D eigenvalue weighted by atomic mass is 32.2. The van der Waals surface area contributed by atoms with Gasteiger partial charge in [-0.3, -0.25) is 11.3 Å². The maximum atomic E-state index is 13.4. The molecule has 96 valence electrons. The minimum absolute atomic E-state index is 0.00603. The van der Waals surface area contributed by atoms with Crippen LogP contribution in [0.15, 0.2) is 18.2 Å². The summed E-state index contributed by atoms with van der Waals surface area (Å²) in [5.41, 5.74) is 3.16. The minimum atomic E-state index is -0.552. The maximum absolute atomic E-state index is 13.4. The molecule has 1 aromatic carbocycles. The Kier molecular flexibility index (Phi) is 6.47. The van der Waals surface area contributed by atoms with Crippen molar-refractivity contribution in [3.63, 3.8) is 0 Å². The van der Waals surface area contributed by atoms with Crippen LogP contribution in [0.4, 0.5) is 8.78 Å². The van der Waals surface area contributed by atoms with Crippen molar-refractivity contribution in [2.24, 2.45) is 5.84 Å². The number of rotatable bonds is 7. The average molecular weight is 260 g/mol. The molecule has 17 heavy (non-hydrogen) atoms. The van der Waals surface area contributed by atoms with Crippen LogP contribution in [0.25, 0.3) is 0 Å². The first-order valence-electron chi connectivity index (χ1n) is 5.65. The molecular formula is C12H18F2N2S. The molecule has 0 aliphatic rings. The van der Waals surface area contributed by atoms with Gasteiger partial charge in [0.1, 0.15) is 11.6 Å². The quantitative estimate of drug-likeness (QED) is 0.449. The van der Waals surface area contributed by atoms with Gasteiger partial charge < -0.3 is 0 Å². The van der Waals surface area contributed by atoms with Crippen LogP contribution in [0.2, 0.25) is 0 Å². The van der Waals surface area contributed by atoms with Gasteiger partial charge in [-0.25, -0.2) is 8.78 Å². The van der Waals surface area contributed by atoms with E-state index in [0.29, 0.717) is 12.0 Å². The van der Waals surface area contributed by atoms with Crippen LogP contribution in [-0.2, 0) is 6.42 Å². The Labute approximate surface area is 105 Å². The lowest BCUT2D eigenvalue weighted by molar-refractivity contribution is 0.536. The Morgan fingerprint density at radius 3 is 2.76 bits per heavy atom. The zero-order chi connectivity index (χ0) is 12.7. The van der Waals surface area contributed by atoms with Gasteiger partial charge in [0.15, 0.2) is 0 Å². The first kappa shape index (κ1) is 14.4. The molecule has 0 saturated heterocycles. The summed E-state index contributed by atoms with van der Waals surface area (Å²) in [5.74, 6) is 6.24. The fraction of sp³-hybridized carbons (Fsp3) is 0.500. The van der Waals surface area contributed by atoms with E-state index >= 15 is 0 Å². The van der Waals surface area contributed by atoms with E-state index in [9.17, 15) is 8.78 Å². The third-order valence-electron chi connectivity index (χ3n) is 2.38. The molecule has 0 heterocycles. The number of hydrogen-bond acceptors (Lipinski definition) is 3. The molecule has 1 aromatic rings. The van der Waals surface area contributed by atoms with Crippen LogP contribution in [0.3, 0.4) is 0 Å². The fourth-order valence-electron chi connectivity index (χ4n) is 1.49. The summed E-state index contributed by atoms with van der Waals surface area (Å²) in [4.78, 5) is 0. The second-order valence-corrected chi connectivity index (χ2v) is 5.03. The topological polar surface area (TPSA) is 38.0 Å². The Morgan fingerprint density at radius 2 is 2.18 bits per heavy atom. The zero-order valence-corrected chi connectivity index (χ0v) is 10.7. The molecular weight excluding hydrogens is 242 g/mol. The van der Waals surface area contributed by atoms with E-state index < -0.39 is 11.6 Å². The van der Waals surface area contributed by atoms with Crippen LogP contribution in [0.5, 0.6) is 0 Å². The number of hydrazine groups is 1. The van der Waals surface area contributed by atoms with Gasteiger partial charge >= 0.3 is 0 Å². The van der Waals surface area contributed by atoms with Gasteiger partial charge in [-0.1, -0.05) is 13.0 Å². The molecule has 0 spiro atoms. The first-order chi connectivity index (χ1) is 8.17. The third-order valence-corrected chi connectivity index (χ3v) is 3.72. The molecule has 0 aliphatic heterocycles. The number of halogens is 2. The van der Waals surface area contributed by atoms with Crippen molar-refractivity contribution in [3.05, 3.63) is 35.4 Å². The molecule has 0 aliphatic carbocycles. The largest absolute Gasteiger partial charge is 0.271 e. The predicted molar refractivity (Wildman–Crippen MR) is 68.8 cm³/mol. The van der Waals surface area contributed by atoms with Crippen molar-refractivity contribution in [2.45, 2.75) is 25.8 Å². The summed E-state index contributed by atoms with van der Waals surface area (Å²) in [6.07, 6.45) is 1.58. The highest BCUT2D eigenvalue weighted by Gasteiger charge is 2.11. The van der Waals surface area contributed by atoms with Crippen LogP contribution in [-0.4, -0.2) is 17.5 Å². The van der Waals surface area contributed by atoms with Gasteiger partial charge in [-0.2, -0.15) is 11.8 Å². The highest BCUT2D eigenvalue weighted by Crippen LogP contribution is 2.14. The summed E-state index contributed by atoms with van der Waals surface area (Å²) in [7, 11) is 0. The highest BCUT2D eigenvalue weighted by molar-refractivity contribution is 7.99. The molecule has 1 atom stereocenters. The van der Waals surface area contributed by atoms with Crippen molar-refractivity contribution in [1.29, 1.82) is 0 Å². The average Bonchev–Trinajstić information content (AvgIpc) is 2.31. The zero-order valence-electron chi connectivity index (χ0n) is 9.88. The Morgan fingerprint density at radius 1 is 1.41 bits per heavy atom. The Balaban J connectivity index is 2.54. The molecule has 1 unspecified atom stereocenters. The van der Waals surface area contributed by atoms with Crippen molar-refractivity contribution < 1.29 is 8.78 Å². The molecule has 0 fully saturated rings. The second kappa shape index (κ2) is 7.63. The van der Waals surface area contributed by atoms with Gasteiger partial charge in [-0.15, -0.1) is 0 Å². The van der Waals surface area contributed by atoms with Crippen LogP contribution >= 0.6 is 11.8 Å². The summed E-state index contributed by atoms with van der Waals surface area (Å²) >= 11 is 1.78. The normalized spacial score (nSPS) is 12.7. The number of nitrogens with one attached hydrogen (secondary N) is 1. The van der Waals surface area contributed by atoms with Crippen molar-refractivity contribution >= 4 is 11.8 Å². The van der Waals surface area contributed by atoms with Gasteiger partial charge in [-0.05, 0) is 30.2 Å². The van der Waals surface area contributed by atoms with Gasteiger partial charge in [0.25, 0.3) is 0 Å². The lowest BCUT2D eigenvalue weighted by Crippen LogP contribution is -2.39. The van der Waals surface area contributed by atoms with Crippen molar-refractivity contribution in [2.75, 3.05) is 11.5 Å². The number of nitrogens with two attached hydrogens (primary N) is 1. The van der Waals surface area contributed by atoms with Crippen molar-refractivity contribution in [1.82, 2.24) is 5.43 Å². The monoisotopic (exact) mass is 260 g/mol. The molecule has 2 nitrogen and oxygen atoms in total. The molecule has 0 amide bonds. The van der Waals surface area contributed by atoms with Crippen LogP contribution in [0.1, 0.15) is 18.9 Å².